The molecule has 7 nitrogen and oxygen atoms in total. The van der Waals surface area contributed by atoms with Gasteiger partial charge in [0.15, 0.2) is 9.84 Å². The number of likely N-dealkylation sites (tertiary alicyclic amines) is 1. The van der Waals surface area contributed by atoms with Crippen molar-refractivity contribution < 1.29 is 13.2 Å². The fourth-order valence-corrected chi connectivity index (χ4v) is 4.03. The molecular formula is C13H22N4O3S. The molecule has 118 valence electrons. The Morgan fingerprint density at radius 3 is 2.86 bits per heavy atom. The lowest BCUT2D eigenvalue weighted by molar-refractivity contribution is -0.132. The van der Waals surface area contributed by atoms with Crippen LogP contribution in [0.4, 0.5) is 0 Å². The Kier molecular flexibility index (Phi) is 4.97. The van der Waals surface area contributed by atoms with Crippen LogP contribution in [0.15, 0.2) is 12.7 Å². The molecule has 1 saturated heterocycles. The van der Waals surface area contributed by atoms with Gasteiger partial charge in [0.1, 0.15) is 17.9 Å². The number of sulfone groups is 1. The third-order valence-corrected chi connectivity index (χ3v) is 6.15. The molecule has 0 aromatic carbocycles. The van der Waals surface area contributed by atoms with Crippen molar-refractivity contribution in [2.24, 2.45) is 0 Å². The number of rotatable bonds is 5. The highest BCUT2D eigenvalue weighted by Gasteiger charge is 2.33. The van der Waals surface area contributed by atoms with Gasteiger partial charge in [0.2, 0.25) is 5.91 Å². The van der Waals surface area contributed by atoms with Crippen LogP contribution in [0.25, 0.3) is 0 Å². The van der Waals surface area contributed by atoms with Crippen molar-refractivity contribution >= 4 is 15.7 Å². The Morgan fingerprint density at radius 1 is 1.48 bits per heavy atom. The number of carbonyl (C=O) groups is 1. The third kappa shape index (κ3) is 3.61. The lowest BCUT2D eigenvalue weighted by Gasteiger charge is -2.34. The molecule has 1 fully saturated rings. The molecule has 0 N–H and O–H groups in total. The first-order valence-corrected chi connectivity index (χ1v) is 9.01. The van der Waals surface area contributed by atoms with Gasteiger partial charge in [-0.3, -0.25) is 4.79 Å². The smallest absolute Gasteiger partial charge is 0.240 e. The summed E-state index contributed by atoms with van der Waals surface area (Å²) >= 11 is 0. The quantitative estimate of drug-likeness (QED) is 0.797. The zero-order valence-electron chi connectivity index (χ0n) is 12.5. The average Bonchev–Trinajstić information content (AvgIpc) is 3.00. The van der Waals surface area contributed by atoms with Crippen molar-refractivity contribution in [3.05, 3.63) is 12.7 Å². The molecule has 0 radical (unpaired) electrons. The van der Waals surface area contributed by atoms with E-state index in [9.17, 15) is 13.2 Å². The minimum Gasteiger partial charge on any atom is -0.339 e. The van der Waals surface area contributed by atoms with Crippen molar-refractivity contribution in [1.82, 2.24) is 19.7 Å². The van der Waals surface area contributed by atoms with E-state index in [-0.39, 0.29) is 17.7 Å². The van der Waals surface area contributed by atoms with Gasteiger partial charge in [-0.05, 0) is 26.2 Å². The van der Waals surface area contributed by atoms with Gasteiger partial charge < -0.3 is 4.90 Å². The molecule has 1 amide bonds. The van der Waals surface area contributed by atoms with Crippen LogP contribution in [-0.4, -0.2) is 58.1 Å². The Morgan fingerprint density at radius 2 is 2.24 bits per heavy atom. The van der Waals surface area contributed by atoms with Crippen molar-refractivity contribution in [1.29, 1.82) is 0 Å². The van der Waals surface area contributed by atoms with Crippen molar-refractivity contribution in [3.63, 3.8) is 0 Å². The minimum atomic E-state index is -3.36. The summed E-state index contributed by atoms with van der Waals surface area (Å²) in [7, 11) is -3.36. The molecule has 1 aliphatic heterocycles. The maximum Gasteiger partial charge on any atom is 0.240 e. The summed E-state index contributed by atoms with van der Waals surface area (Å²) in [5.74, 6) is -0.242. The monoisotopic (exact) mass is 314 g/mol. The van der Waals surface area contributed by atoms with E-state index in [1.165, 1.54) is 13.3 Å². The van der Waals surface area contributed by atoms with Crippen molar-refractivity contribution in [2.75, 3.05) is 18.8 Å². The maximum atomic E-state index is 12.4. The molecule has 2 heterocycles. The number of piperidine rings is 1. The summed E-state index contributed by atoms with van der Waals surface area (Å²) in [5.41, 5.74) is 0. The predicted molar refractivity (Wildman–Crippen MR) is 78.4 cm³/mol. The lowest BCUT2D eigenvalue weighted by Crippen LogP contribution is -2.47. The van der Waals surface area contributed by atoms with Gasteiger partial charge in [-0.15, -0.1) is 0 Å². The molecule has 0 spiro atoms. The Balaban J connectivity index is 2.05. The largest absolute Gasteiger partial charge is 0.339 e. The molecule has 2 rings (SSSR count). The van der Waals surface area contributed by atoms with Gasteiger partial charge in [0, 0.05) is 13.1 Å². The normalized spacial score (nSPS) is 21.2. The first kappa shape index (κ1) is 15.9. The summed E-state index contributed by atoms with van der Waals surface area (Å²) in [5, 5.41) is 3.14. The molecule has 0 bridgehead atoms. The van der Waals surface area contributed by atoms with Gasteiger partial charge in [0.05, 0.1) is 11.8 Å². The molecule has 1 aromatic heterocycles. The van der Waals surface area contributed by atoms with E-state index in [1.807, 2.05) is 0 Å². The number of amides is 1. The van der Waals surface area contributed by atoms with Crippen molar-refractivity contribution in [2.45, 2.75) is 44.4 Å². The molecule has 0 unspecified atom stereocenters. The third-order valence-electron chi connectivity index (χ3n) is 3.89. The second-order valence-corrected chi connectivity index (χ2v) is 7.91. The fraction of sp³-hybridized carbons (Fsp3) is 0.769. The second kappa shape index (κ2) is 6.55. The maximum absolute atomic E-state index is 12.4. The van der Waals surface area contributed by atoms with Gasteiger partial charge >= 0.3 is 0 Å². The van der Waals surface area contributed by atoms with Gasteiger partial charge in [-0.1, -0.05) is 6.92 Å². The SMILES string of the molecule is CCCS(=O)(=O)[C@@H](C)C(=O)N1CCC[C@@H](n2cncn2)C1. The first-order valence-electron chi connectivity index (χ1n) is 7.30. The Bertz CT molecular complexity index is 570. The predicted octanol–water partition coefficient (Wildman–Crippen LogP) is 0.655. The molecule has 1 aliphatic rings. The topological polar surface area (TPSA) is 85.2 Å². The molecular weight excluding hydrogens is 292 g/mol. The highest BCUT2D eigenvalue weighted by molar-refractivity contribution is 7.92. The van der Waals surface area contributed by atoms with Crippen LogP contribution in [0.5, 0.6) is 0 Å². The van der Waals surface area contributed by atoms with E-state index in [0.717, 1.165) is 12.8 Å². The van der Waals surface area contributed by atoms with Crippen LogP contribution >= 0.6 is 0 Å². The molecule has 1 aromatic rings. The van der Waals surface area contributed by atoms with E-state index in [4.69, 9.17) is 0 Å². The number of hydrogen-bond acceptors (Lipinski definition) is 5. The Labute approximate surface area is 125 Å². The summed E-state index contributed by atoms with van der Waals surface area (Å²) in [6, 6.07) is 0.0753. The van der Waals surface area contributed by atoms with E-state index in [0.29, 0.717) is 19.5 Å². The summed E-state index contributed by atoms with van der Waals surface area (Å²) in [6.07, 6.45) is 5.40. The summed E-state index contributed by atoms with van der Waals surface area (Å²) in [6.45, 7) is 4.40. The summed E-state index contributed by atoms with van der Waals surface area (Å²) < 4.78 is 25.8. The van der Waals surface area contributed by atoms with E-state index >= 15 is 0 Å². The van der Waals surface area contributed by atoms with Gasteiger partial charge in [0.25, 0.3) is 0 Å². The fourth-order valence-electron chi connectivity index (χ4n) is 2.65. The van der Waals surface area contributed by atoms with E-state index in [1.54, 1.807) is 22.8 Å². The van der Waals surface area contributed by atoms with Gasteiger partial charge in [-0.25, -0.2) is 18.1 Å². The zero-order chi connectivity index (χ0) is 15.5. The number of carbonyl (C=O) groups excluding carboxylic acids is 1. The van der Waals surface area contributed by atoms with Crippen LogP contribution in [-0.2, 0) is 14.6 Å². The van der Waals surface area contributed by atoms with Crippen LogP contribution in [0.1, 0.15) is 39.2 Å². The number of aromatic nitrogens is 3. The number of hydrogen-bond donors (Lipinski definition) is 0. The first-order chi connectivity index (χ1) is 9.95. The zero-order valence-corrected chi connectivity index (χ0v) is 13.3. The molecule has 21 heavy (non-hydrogen) atoms. The molecule has 0 aliphatic carbocycles. The van der Waals surface area contributed by atoms with E-state index in [2.05, 4.69) is 10.1 Å². The number of nitrogens with zero attached hydrogens (tertiary/aromatic N) is 4. The second-order valence-electron chi connectivity index (χ2n) is 5.47. The molecule has 2 atom stereocenters. The van der Waals surface area contributed by atoms with E-state index < -0.39 is 15.1 Å². The molecule has 0 saturated carbocycles. The lowest BCUT2D eigenvalue weighted by atomic mass is 10.1. The molecule has 8 heteroatoms. The highest BCUT2D eigenvalue weighted by atomic mass is 32.2. The standard InChI is InChI=1S/C13H22N4O3S/c1-3-7-21(19,20)11(2)13(18)16-6-4-5-12(8-16)17-10-14-9-15-17/h9-12H,3-8H2,1-2H3/t11-,12+/m0/s1. The van der Waals surface area contributed by atoms with Crippen LogP contribution in [0.3, 0.4) is 0 Å². The Hall–Kier alpha value is -1.44. The van der Waals surface area contributed by atoms with Crippen LogP contribution < -0.4 is 0 Å². The van der Waals surface area contributed by atoms with Gasteiger partial charge in [-0.2, -0.15) is 5.10 Å². The highest BCUT2D eigenvalue weighted by Crippen LogP contribution is 2.22. The summed E-state index contributed by atoms with van der Waals surface area (Å²) in [4.78, 5) is 18.0. The average molecular weight is 314 g/mol. The minimum absolute atomic E-state index is 0.0558. The van der Waals surface area contributed by atoms with Crippen molar-refractivity contribution in [3.8, 4) is 0 Å². The van der Waals surface area contributed by atoms with Crippen LogP contribution in [0, 0.1) is 0 Å². The van der Waals surface area contributed by atoms with Crippen LogP contribution in [0.2, 0.25) is 0 Å².